The van der Waals surface area contributed by atoms with Crippen molar-refractivity contribution in [2.75, 3.05) is 6.54 Å². The first-order chi connectivity index (χ1) is 9.20. The van der Waals surface area contributed by atoms with Gasteiger partial charge in [0.15, 0.2) is 5.76 Å². The molecule has 20 heavy (non-hydrogen) atoms. The van der Waals surface area contributed by atoms with E-state index in [-0.39, 0.29) is 28.4 Å². The molecule has 1 amide bonds. The molecule has 1 aliphatic rings. The number of amides is 1. The molecule has 0 spiro atoms. The van der Waals surface area contributed by atoms with E-state index in [4.69, 9.17) is 9.56 Å². The third-order valence-corrected chi connectivity index (χ3v) is 4.81. The molecule has 2 N–H and O–H groups in total. The van der Waals surface area contributed by atoms with Gasteiger partial charge in [-0.25, -0.2) is 13.6 Å². The number of carbonyl (C=O) groups is 1. The van der Waals surface area contributed by atoms with Crippen molar-refractivity contribution in [3.8, 4) is 0 Å². The van der Waals surface area contributed by atoms with E-state index in [1.54, 1.807) is 4.90 Å². The lowest BCUT2D eigenvalue weighted by atomic mass is 9.93. The molecule has 2 heterocycles. The minimum Gasteiger partial charge on any atom is -0.455 e. The van der Waals surface area contributed by atoms with Crippen LogP contribution in [0.5, 0.6) is 0 Å². The number of rotatable bonds is 2. The molecule has 0 radical (unpaired) electrons. The van der Waals surface area contributed by atoms with E-state index < -0.39 is 10.0 Å². The van der Waals surface area contributed by atoms with Crippen LogP contribution >= 0.6 is 0 Å². The van der Waals surface area contributed by atoms with E-state index in [1.807, 2.05) is 6.92 Å². The third kappa shape index (κ3) is 2.88. The molecule has 6 nitrogen and oxygen atoms in total. The van der Waals surface area contributed by atoms with Gasteiger partial charge >= 0.3 is 0 Å². The summed E-state index contributed by atoms with van der Waals surface area (Å²) < 4.78 is 28.0. The zero-order chi connectivity index (χ0) is 15.1. The summed E-state index contributed by atoms with van der Waals surface area (Å²) in [5.74, 6) is 0.497. The predicted molar refractivity (Wildman–Crippen MR) is 73.7 cm³/mol. The summed E-state index contributed by atoms with van der Waals surface area (Å²) in [6.07, 6.45) is 1.88. The molecule has 1 aromatic rings. The van der Waals surface area contributed by atoms with E-state index >= 15 is 0 Å². The number of aryl methyl sites for hydroxylation is 1. The molecule has 7 heteroatoms. The van der Waals surface area contributed by atoms with Crippen molar-refractivity contribution in [2.45, 2.75) is 44.6 Å². The van der Waals surface area contributed by atoms with Gasteiger partial charge in [0.1, 0.15) is 10.7 Å². The molecule has 1 aromatic heterocycles. The predicted octanol–water partition coefficient (Wildman–Crippen LogP) is 1.50. The highest BCUT2D eigenvalue weighted by molar-refractivity contribution is 7.89. The summed E-state index contributed by atoms with van der Waals surface area (Å²) in [6.45, 7) is 6.29. The van der Waals surface area contributed by atoms with Gasteiger partial charge in [-0.1, -0.05) is 6.92 Å². The summed E-state index contributed by atoms with van der Waals surface area (Å²) >= 11 is 0. The zero-order valence-corrected chi connectivity index (χ0v) is 12.7. The molecular formula is C13H20N2O4S. The Morgan fingerprint density at radius 2 is 2.10 bits per heavy atom. The second-order valence-electron chi connectivity index (χ2n) is 5.55. The highest BCUT2D eigenvalue weighted by atomic mass is 32.2. The van der Waals surface area contributed by atoms with Gasteiger partial charge in [-0.3, -0.25) is 4.79 Å². The Bertz CT molecular complexity index is 620. The molecule has 2 atom stereocenters. The van der Waals surface area contributed by atoms with Crippen molar-refractivity contribution in [2.24, 2.45) is 11.1 Å². The van der Waals surface area contributed by atoms with Crippen molar-refractivity contribution in [1.29, 1.82) is 0 Å². The van der Waals surface area contributed by atoms with Crippen LogP contribution in [0.15, 0.2) is 15.4 Å². The fourth-order valence-corrected chi connectivity index (χ4v) is 3.42. The minimum absolute atomic E-state index is 0.0351. The Balaban J connectivity index is 2.26. The normalized spacial score (nSPS) is 23.9. The molecular weight excluding hydrogens is 280 g/mol. The maximum Gasteiger partial charge on any atom is 0.289 e. The highest BCUT2D eigenvalue weighted by Crippen LogP contribution is 2.26. The van der Waals surface area contributed by atoms with Crippen molar-refractivity contribution >= 4 is 15.9 Å². The number of carbonyl (C=O) groups excluding carboxylic acids is 1. The molecule has 2 rings (SSSR count). The maximum atomic E-state index is 12.4. The second kappa shape index (κ2) is 5.21. The number of hydrogen-bond acceptors (Lipinski definition) is 4. The highest BCUT2D eigenvalue weighted by Gasteiger charge is 2.30. The van der Waals surface area contributed by atoms with Gasteiger partial charge < -0.3 is 9.32 Å². The molecule has 112 valence electrons. The van der Waals surface area contributed by atoms with E-state index in [0.717, 1.165) is 12.8 Å². The fraction of sp³-hybridized carbons (Fsp3) is 0.615. The van der Waals surface area contributed by atoms with Crippen molar-refractivity contribution in [3.05, 3.63) is 17.6 Å². The number of hydrogen-bond donors (Lipinski definition) is 1. The van der Waals surface area contributed by atoms with Crippen molar-refractivity contribution in [3.63, 3.8) is 0 Å². The number of likely N-dealkylation sites (tertiary alicyclic amines) is 1. The molecule has 0 bridgehead atoms. The van der Waals surface area contributed by atoms with Crippen LogP contribution in [0.1, 0.15) is 43.0 Å². The summed E-state index contributed by atoms with van der Waals surface area (Å²) in [4.78, 5) is 14.0. The summed E-state index contributed by atoms with van der Waals surface area (Å²) in [6, 6.07) is 1.34. The summed E-state index contributed by atoms with van der Waals surface area (Å²) in [5.41, 5.74) is 0. The lowest BCUT2D eigenvalue weighted by molar-refractivity contribution is 0.0555. The van der Waals surface area contributed by atoms with Gasteiger partial charge in [-0.05, 0) is 32.6 Å². The van der Waals surface area contributed by atoms with Crippen LogP contribution in [0.2, 0.25) is 0 Å². The van der Waals surface area contributed by atoms with Gasteiger partial charge in [0.25, 0.3) is 5.91 Å². The zero-order valence-electron chi connectivity index (χ0n) is 11.9. The van der Waals surface area contributed by atoms with E-state index in [0.29, 0.717) is 12.5 Å². The van der Waals surface area contributed by atoms with E-state index in [2.05, 4.69) is 6.92 Å². The SMILES string of the molecule is Cc1oc(C(=O)N2CCC(C)CC2C)cc1S(N)(=O)=O. The molecule has 0 saturated carbocycles. The Labute approximate surface area is 119 Å². The molecule has 0 aliphatic carbocycles. The van der Waals surface area contributed by atoms with Gasteiger partial charge in [0, 0.05) is 18.7 Å². The topological polar surface area (TPSA) is 93.6 Å². The van der Waals surface area contributed by atoms with E-state index in [1.165, 1.54) is 13.0 Å². The first-order valence-corrected chi connectivity index (χ1v) is 8.19. The van der Waals surface area contributed by atoms with Crippen LogP contribution in [0.25, 0.3) is 0 Å². The summed E-state index contributed by atoms with van der Waals surface area (Å²) in [7, 11) is -3.86. The van der Waals surface area contributed by atoms with Crippen LogP contribution in [0.4, 0.5) is 0 Å². The van der Waals surface area contributed by atoms with Crippen LogP contribution in [0, 0.1) is 12.8 Å². The number of sulfonamides is 1. The lowest BCUT2D eigenvalue weighted by Gasteiger charge is -2.35. The van der Waals surface area contributed by atoms with Crippen LogP contribution < -0.4 is 5.14 Å². The second-order valence-corrected chi connectivity index (χ2v) is 7.08. The quantitative estimate of drug-likeness (QED) is 0.895. The van der Waals surface area contributed by atoms with Gasteiger partial charge in [0.05, 0.1) is 0 Å². The van der Waals surface area contributed by atoms with Gasteiger partial charge in [-0.15, -0.1) is 0 Å². The number of nitrogens with two attached hydrogens (primary N) is 1. The number of primary sulfonamides is 1. The standard InChI is InChI=1S/C13H20N2O4S/c1-8-4-5-15(9(2)6-8)13(16)11-7-12(10(3)19-11)20(14,17)18/h7-9H,4-6H2,1-3H3,(H2,14,17,18). The third-order valence-electron chi connectivity index (χ3n) is 3.79. The smallest absolute Gasteiger partial charge is 0.289 e. The van der Waals surface area contributed by atoms with Gasteiger partial charge in [-0.2, -0.15) is 0 Å². The Hall–Kier alpha value is -1.34. The Morgan fingerprint density at radius 3 is 2.60 bits per heavy atom. The maximum absolute atomic E-state index is 12.4. The van der Waals surface area contributed by atoms with Crippen LogP contribution in [-0.2, 0) is 10.0 Å². The molecule has 0 aromatic carbocycles. The Morgan fingerprint density at radius 1 is 1.45 bits per heavy atom. The van der Waals surface area contributed by atoms with Crippen molar-refractivity contribution in [1.82, 2.24) is 4.90 Å². The molecule has 1 aliphatic heterocycles. The average molecular weight is 300 g/mol. The monoisotopic (exact) mass is 300 g/mol. The number of piperidine rings is 1. The number of furan rings is 1. The largest absolute Gasteiger partial charge is 0.455 e. The Kier molecular flexibility index (Phi) is 3.93. The molecule has 1 saturated heterocycles. The van der Waals surface area contributed by atoms with Crippen molar-refractivity contribution < 1.29 is 17.6 Å². The fourth-order valence-electron chi connectivity index (χ4n) is 2.70. The molecule has 1 fully saturated rings. The van der Waals surface area contributed by atoms with E-state index in [9.17, 15) is 13.2 Å². The first-order valence-electron chi connectivity index (χ1n) is 6.64. The average Bonchev–Trinajstić information content (AvgIpc) is 2.70. The van der Waals surface area contributed by atoms with Crippen LogP contribution in [-0.4, -0.2) is 31.8 Å². The number of nitrogens with zero attached hydrogens (tertiary/aromatic N) is 1. The summed E-state index contributed by atoms with van der Waals surface area (Å²) in [5, 5.41) is 5.08. The lowest BCUT2D eigenvalue weighted by Crippen LogP contribution is -2.44. The van der Waals surface area contributed by atoms with Crippen LogP contribution in [0.3, 0.4) is 0 Å². The minimum atomic E-state index is -3.86. The first kappa shape index (κ1) is 15.1. The van der Waals surface area contributed by atoms with Gasteiger partial charge in [0.2, 0.25) is 10.0 Å². The molecule has 2 unspecified atom stereocenters.